The molecule has 0 aromatic carbocycles. The Bertz CT molecular complexity index is 584. The largest absolute Gasteiger partial charge is 0.339 e. The van der Waals surface area contributed by atoms with Crippen molar-refractivity contribution in [3.05, 3.63) is 24.2 Å². The summed E-state index contributed by atoms with van der Waals surface area (Å²) >= 11 is 0. The summed E-state index contributed by atoms with van der Waals surface area (Å²) < 4.78 is 1.84. The molecule has 0 atom stereocenters. The molecule has 18 heavy (non-hydrogen) atoms. The maximum absolute atomic E-state index is 12.5. The SMILES string of the molecule is Cn1cnc2c(C(=O)N3CCCCC3)ccnc21. The van der Waals surface area contributed by atoms with Crippen LogP contribution in [-0.2, 0) is 7.05 Å². The quantitative estimate of drug-likeness (QED) is 0.765. The number of nitrogens with zero attached hydrogens (tertiary/aromatic N) is 4. The van der Waals surface area contributed by atoms with E-state index in [0.29, 0.717) is 11.1 Å². The minimum Gasteiger partial charge on any atom is -0.339 e. The number of pyridine rings is 1. The lowest BCUT2D eigenvalue weighted by atomic mass is 10.1. The minimum absolute atomic E-state index is 0.0841. The predicted molar refractivity (Wildman–Crippen MR) is 68.3 cm³/mol. The van der Waals surface area contributed by atoms with Gasteiger partial charge in [0.25, 0.3) is 5.91 Å². The van der Waals surface area contributed by atoms with E-state index in [0.717, 1.165) is 31.6 Å². The van der Waals surface area contributed by atoms with Gasteiger partial charge in [-0.15, -0.1) is 0 Å². The van der Waals surface area contributed by atoms with E-state index in [1.807, 2.05) is 16.5 Å². The molecule has 94 valence electrons. The maximum atomic E-state index is 12.5. The molecule has 0 saturated carbocycles. The zero-order valence-electron chi connectivity index (χ0n) is 10.5. The first-order valence-electron chi connectivity index (χ1n) is 6.32. The summed E-state index contributed by atoms with van der Waals surface area (Å²) in [5.74, 6) is 0.0841. The number of likely N-dealkylation sites (tertiary alicyclic amines) is 1. The molecule has 0 bridgehead atoms. The van der Waals surface area contributed by atoms with Gasteiger partial charge in [0.05, 0.1) is 11.9 Å². The maximum Gasteiger partial charge on any atom is 0.256 e. The predicted octanol–water partition coefficient (Wildman–Crippen LogP) is 1.59. The van der Waals surface area contributed by atoms with Crippen LogP contribution in [0, 0.1) is 0 Å². The molecule has 0 spiro atoms. The molecule has 0 unspecified atom stereocenters. The molecule has 1 fully saturated rings. The fourth-order valence-electron chi connectivity index (χ4n) is 2.47. The Morgan fingerprint density at radius 2 is 2.00 bits per heavy atom. The number of carbonyl (C=O) groups is 1. The van der Waals surface area contributed by atoms with Crippen LogP contribution >= 0.6 is 0 Å². The van der Waals surface area contributed by atoms with E-state index < -0.39 is 0 Å². The number of piperidine rings is 1. The van der Waals surface area contributed by atoms with Crippen molar-refractivity contribution in [3.63, 3.8) is 0 Å². The Morgan fingerprint density at radius 1 is 1.22 bits per heavy atom. The molecule has 5 heteroatoms. The Kier molecular flexibility index (Phi) is 2.74. The second kappa shape index (κ2) is 4.40. The first kappa shape index (κ1) is 11.2. The van der Waals surface area contributed by atoms with Crippen molar-refractivity contribution in [2.24, 2.45) is 7.05 Å². The second-order valence-electron chi connectivity index (χ2n) is 4.74. The number of hydrogen-bond acceptors (Lipinski definition) is 3. The van der Waals surface area contributed by atoms with Gasteiger partial charge in [0.1, 0.15) is 5.52 Å². The molecule has 5 nitrogen and oxygen atoms in total. The van der Waals surface area contributed by atoms with Crippen LogP contribution in [0.4, 0.5) is 0 Å². The number of carbonyl (C=O) groups excluding carboxylic acids is 1. The molecule has 1 aliphatic rings. The number of amides is 1. The van der Waals surface area contributed by atoms with Crippen molar-refractivity contribution in [3.8, 4) is 0 Å². The van der Waals surface area contributed by atoms with Crippen LogP contribution in [0.15, 0.2) is 18.6 Å². The van der Waals surface area contributed by atoms with Crippen LogP contribution in [0.5, 0.6) is 0 Å². The Labute approximate surface area is 105 Å². The van der Waals surface area contributed by atoms with Crippen LogP contribution in [0.2, 0.25) is 0 Å². The molecular formula is C13H16N4O. The molecule has 0 radical (unpaired) electrons. The van der Waals surface area contributed by atoms with Gasteiger partial charge in [-0.3, -0.25) is 4.79 Å². The van der Waals surface area contributed by atoms with Gasteiger partial charge in [0, 0.05) is 26.3 Å². The molecule has 1 aliphatic heterocycles. The van der Waals surface area contributed by atoms with Gasteiger partial charge >= 0.3 is 0 Å². The third-order valence-electron chi connectivity index (χ3n) is 3.47. The van der Waals surface area contributed by atoms with E-state index in [2.05, 4.69) is 9.97 Å². The standard InChI is InChI=1S/C13H16N4O/c1-16-9-15-11-10(5-6-14-12(11)16)13(18)17-7-3-2-4-8-17/h5-6,9H,2-4,7-8H2,1H3. The Hall–Kier alpha value is -1.91. The highest BCUT2D eigenvalue weighted by atomic mass is 16.2. The van der Waals surface area contributed by atoms with Crippen molar-refractivity contribution in [1.82, 2.24) is 19.4 Å². The highest BCUT2D eigenvalue weighted by Crippen LogP contribution is 2.18. The number of imidazole rings is 1. The first-order chi connectivity index (χ1) is 8.77. The normalized spacial score (nSPS) is 16.2. The van der Waals surface area contributed by atoms with Gasteiger partial charge in [-0.2, -0.15) is 0 Å². The average Bonchev–Trinajstić information content (AvgIpc) is 2.81. The van der Waals surface area contributed by atoms with Crippen molar-refractivity contribution >= 4 is 17.1 Å². The zero-order valence-corrected chi connectivity index (χ0v) is 10.5. The summed E-state index contributed by atoms with van der Waals surface area (Å²) in [6, 6.07) is 1.77. The molecule has 2 aromatic rings. The highest BCUT2D eigenvalue weighted by Gasteiger charge is 2.21. The minimum atomic E-state index is 0.0841. The third-order valence-corrected chi connectivity index (χ3v) is 3.47. The van der Waals surface area contributed by atoms with Gasteiger partial charge in [-0.25, -0.2) is 9.97 Å². The number of fused-ring (bicyclic) bond motifs is 1. The fraction of sp³-hybridized carbons (Fsp3) is 0.462. The van der Waals surface area contributed by atoms with Crippen LogP contribution in [0.25, 0.3) is 11.2 Å². The molecule has 3 heterocycles. The Balaban J connectivity index is 2.00. The van der Waals surface area contributed by atoms with Gasteiger partial charge in [0.2, 0.25) is 0 Å². The highest BCUT2D eigenvalue weighted by molar-refractivity contribution is 6.04. The monoisotopic (exact) mass is 244 g/mol. The molecule has 1 amide bonds. The zero-order chi connectivity index (χ0) is 12.5. The van der Waals surface area contributed by atoms with E-state index >= 15 is 0 Å². The summed E-state index contributed by atoms with van der Waals surface area (Å²) in [5.41, 5.74) is 2.14. The van der Waals surface area contributed by atoms with E-state index in [1.54, 1.807) is 18.6 Å². The summed E-state index contributed by atoms with van der Waals surface area (Å²) in [7, 11) is 1.89. The van der Waals surface area contributed by atoms with Crippen molar-refractivity contribution < 1.29 is 4.79 Å². The van der Waals surface area contributed by atoms with Crippen molar-refractivity contribution in [2.45, 2.75) is 19.3 Å². The number of hydrogen-bond donors (Lipinski definition) is 0. The van der Waals surface area contributed by atoms with Crippen LogP contribution in [-0.4, -0.2) is 38.4 Å². The lowest BCUT2D eigenvalue weighted by Gasteiger charge is -2.26. The first-order valence-corrected chi connectivity index (χ1v) is 6.32. The van der Waals surface area contributed by atoms with Gasteiger partial charge in [-0.05, 0) is 25.3 Å². The smallest absolute Gasteiger partial charge is 0.256 e. The van der Waals surface area contributed by atoms with Crippen LogP contribution < -0.4 is 0 Å². The number of aromatic nitrogens is 3. The number of aryl methyl sites for hydroxylation is 1. The topological polar surface area (TPSA) is 51.0 Å². The Morgan fingerprint density at radius 3 is 2.78 bits per heavy atom. The van der Waals surface area contributed by atoms with Gasteiger partial charge < -0.3 is 9.47 Å². The summed E-state index contributed by atoms with van der Waals surface area (Å²) in [4.78, 5) is 22.9. The molecule has 2 aromatic heterocycles. The second-order valence-corrected chi connectivity index (χ2v) is 4.74. The lowest BCUT2D eigenvalue weighted by molar-refractivity contribution is 0.0726. The molecular weight excluding hydrogens is 228 g/mol. The molecule has 1 saturated heterocycles. The van der Waals surface area contributed by atoms with Crippen molar-refractivity contribution in [2.75, 3.05) is 13.1 Å². The van der Waals surface area contributed by atoms with E-state index in [4.69, 9.17) is 0 Å². The lowest BCUT2D eigenvalue weighted by Crippen LogP contribution is -2.35. The van der Waals surface area contributed by atoms with Crippen LogP contribution in [0.1, 0.15) is 29.6 Å². The molecule has 0 N–H and O–H groups in total. The van der Waals surface area contributed by atoms with E-state index in [-0.39, 0.29) is 5.91 Å². The van der Waals surface area contributed by atoms with E-state index in [1.165, 1.54) is 6.42 Å². The summed E-state index contributed by atoms with van der Waals surface area (Å²) in [6.07, 6.45) is 6.80. The summed E-state index contributed by atoms with van der Waals surface area (Å²) in [6.45, 7) is 1.71. The fourth-order valence-corrected chi connectivity index (χ4v) is 2.47. The molecule has 0 aliphatic carbocycles. The van der Waals surface area contributed by atoms with Crippen molar-refractivity contribution in [1.29, 1.82) is 0 Å². The third kappa shape index (κ3) is 1.75. The van der Waals surface area contributed by atoms with Crippen LogP contribution in [0.3, 0.4) is 0 Å². The average molecular weight is 244 g/mol. The number of rotatable bonds is 1. The van der Waals surface area contributed by atoms with Gasteiger partial charge in [0.15, 0.2) is 5.65 Å². The van der Waals surface area contributed by atoms with Gasteiger partial charge in [-0.1, -0.05) is 0 Å². The summed E-state index contributed by atoms with van der Waals surface area (Å²) in [5, 5.41) is 0. The molecule has 3 rings (SSSR count). The van der Waals surface area contributed by atoms with E-state index in [9.17, 15) is 4.79 Å².